The maximum Gasteiger partial charge on any atom is 0.321 e. The molecule has 3 aliphatic rings. The minimum absolute atomic E-state index is 0.227. The zero-order valence-corrected chi connectivity index (χ0v) is 18.9. The number of nitrogens with one attached hydrogen (secondary N) is 3. The molecule has 3 atom stereocenters. The second kappa shape index (κ2) is 7.99. The van der Waals surface area contributed by atoms with Crippen LogP contribution in [0, 0.1) is 17.7 Å². The zero-order chi connectivity index (χ0) is 23.4. The molecule has 0 bridgehead atoms. The number of hydrogen-bond donors (Lipinski definition) is 4. The monoisotopic (exact) mass is 466 g/mol. The summed E-state index contributed by atoms with van der Waals surface area (Å²) in [5, 5.41) is 16.2. The summed E-state index contributed by atoms with van der Waals surface area (Å²) in [6, 6.07) is 1.25. The molecule has 0 spiro atoms. The van der Waals surface area contributed by atoms with Gasteiger partial charge < -0.3 is 20.1 Å². The van der Waals surface area contributed by atoms with E-state index in [1.807, 2.05) is 6.92 Å². The number of rotatable bonds is 5. The third kappa shape index (κ3) is 3.61. The molecule has 2 saturated carbocycles. The van der Waals surface area contributed by atoms with Gasteiger partial charge in [-0.05, 0) is 56.9 Å². The average molecular weight is 467 g/mol. The van der Waals surface area contributed by atoms with E-state index in [4.69, 9.17) is 4.74 Å². The second-order valence-corrected chi connectivity index (χ2v) is 9.61. The van der Waals surface area contributed by atoms with Gasteiger partial charge in [-0.1, -0.05) is 0 Å². The van der Waals surface area contributed by atoms with Crippen molar-refractivity contribution in [3.05, 3.63) is 35.7 Å². The van der Waals surface area contributed by atoms with Crippen LogP contribution in [-0.2, 0) is 10.3 Å². The molecule has 34 heavy (non-hydrogen) atoms. The van der Waals surface area contributed by atoms with Crippen molar-refractivity contribution in [2.45, 2.75) is 50.7 Å². The lowest BCUT2D eigenvalue weighted by molar-refractivity contribution is 0.0221. The van der Waals surface area contributed by atoms with E-state index in [9.17, 15) is 9.90 Å². The molecule has 9 nitrogen and oxygen atoms in total. The first-order chi connectivity index (χ1) is 16.4. The van der Waals surface area contributed by atoms with Gasteiger partial charge in [-0.15, -0.1) is 0 Å². The topological polar surface area (TPSA) is 125 Å². The third-order valence-electron chi connectivity index (χ3n) is 7.22. The van der Waals surface area contributed by atoms with Crippen LogP contribution in [-0.4, -0.2) is 44.2 Å². The average Bonchev–Trinajstić information content (AvgIpc) is 3.21. The van der Waals surface area contributed by atoms with Crippen LogP contribution in [0.4, 0.5) is 15.1 Å². The maximum atomic E-state index is 15.9. The van der Waals surface area contributed by atoms with E-state index in [2.05, 4.69) is 30.6 Å². The van der Waals surface area contributed by atoms with E-state index < -0.39 is 23.6 Å². The Morgan fingerprint density at radius 2 is 2.09 bits per heavy atom. The van der Waals surface area contributed by atoms with Gasteiger partial charge in [0, 0.05) is 42.2 Å². The summed E-state index contributed by atoms with van der Waals surface area (Å²) in [7, 11) is 0. The first-order valence-corrected chi connectivity index (χ1v) is 11.9. The van der Waals surface area contributed by atoms with Gasteiger partial charge in [0.05, 0.1) is 17.1 Å². The highest BCUT2D eigenvalue weighted by Crippen LogP contribution is 2.58. The number of anilines is 1. The number of aromatic amines is 1. The van der Waals surface area contributed by atoms with Crippen molar-refractivity contribution in [2.24, 2.45) is 11.8 Å². The number of carbonyl (C=O) groups is 1. The normalized spacial score (nSPS) is 27.7. The van der Waals surface area contributed by atoms with Crippen LogP contribution in [0.2, 0.25) is 0 Å². The summed E-state index contributed by atoms with van der Waals surface area (Å²) >= 11 is 0. The molecule has 3 fully saturated rings. The molecule has 6 rings (SSSR count). The van der Waals surface area contributed by atoms with E-state index >= 15 is 4.39 Å². The van der Waals surface area contributed by atoms with Gasteiger partial charge in [0.15, 0.2) is 5.82 Å². The number of aliphatic hydroxyl groups is 1. The Morgan fingerprint density at radius 1 is 1.32 bits per heavy atom. The standard InChI is InChI=1S/C24H27FN6O3/c1-2-26-23(32)31-22-29-16-7-15(19(25)18(20(16)30-22)17-4-3-5-34-17)14-10-27-21(28-11-14)24(33)8-12-6-13(12)9-24/h7,10-13,17,33H,2-6,8-9H2,1H3,(H3,26,29,30,31,32)/t12?,13?,17-,24?/m1/s1. The van der Waals surface area contributed by atoms with E-state index in [1.54, 1.807) is 18.5 Å². The van der Waals surface area contributed by atoms with Crippen LogP contribution in [0.5, 0.6) is 0 Å². The minimum atomic E-state index is -0.986. The van der Waals surface area contributed by atoms with Crippen LogP contribution in [0.1, 0.15) is 56.5 Å². The van der Waals surface area contributed by atoms with Crippen molar-refractivity contribution in [1.29, 1.82) is 0 Å². The van der Waals surface area contributed by atoms with Gasteiger partial charge in [0.25, 0.3) is 0 Å². The summed E-state index contributed by atoms with van der Waals surface area (Å²) in [6.45, 7) is 2.85. The molecule has 2 unspecified atom stereocenters. The fourth-order valence-electron chi connectivity index (χ4n) is 5.49. The number of halogens is 1. The van der Waals surface area contributed by atoms with E-state index in [0.29, 0.717) is 77.8 Å². The molecule has 3 heterocycles. The zero-order valence-electron chi connectivity index (χ0n) is 18.9. The summed E-state index contributed by atoms with van der Waals surface area (Å²) in [5.74, 6) is 1.34. The molecule has 0 radical (unpaired) electrons. The van der Waals surface area contributed by atoms with Gasteiger partial charge in [-0.2, -0.15) is 0 Å². The molecule has 1 aliphatic heterocycles. The summed E-state index contributed by atoms with van der Waals surface area (Å²) in [4.78, 5) is 28.3. The number of aromatic nitrogens is 4. The van der Waals surface area contributed by atoms with Crippen LogP contribution < -0.4 is 10.6 Å². The summed E-state index contributed by atoms with van der Waals surface area (Å²) in [5.41, 5.74) is 1.20. The Bertz CT molecular complexity index is 1240. The largest absolute Gasteiger partial charge is 0.382 e. The van der Waals surface area contributed by atoms with Crippen molar-refractivity contribution in [2.75, 3.05) is 18.5 Å². The number of ether oxygens (including phenoxy) is 1. The SMILES string of the molecule is CCNC(=O)Nc1nc2c([C@H]3CCCO3)c(F)c(-c3cnc(C4(O)CC5CC5C4)nc3)cc2[nH]1. The minimum Gasteiger partial charge on any atom is -0.382 e. The second-order valence-electron chi connectivity index (χ2n) is 9.61. The molecule has 2 aromatic heterocycles. The van der Waals surface area contributed by atoms with Crippen molar-refractivity contribution >= 4 is 23.0 Å². The molecule has 178 valence electrons. The predicted molar refractivity (Wildman–Crippen MR) is 122 cm³/mol. The highest BCUT2D eigenvalue weighted by molar-refractivity contribution is 5.92. The van der Waals surface area contributed by atoms with E-state index in [-0.39, 0.29) is 5.95 Å². The molecule has 2 amide bonds. The maximum absolute atomic E-state index is 15.9. The summed E-state index contributed by atoms with van der Waals surface area (Å²) in [6.07, 6.45) is 6.80. The number of hydrogen-bond acceptors (Lipinski definition) is 6. The number of urea groups is 1. The number of H-pyrrole nitrogens is 1. The highest BCUT2D eigenvalue weighted by atomic mass is 19.1. The predicted octanol–water partition coefficient (Wildman–Crippen LogP) is 3.77. The molecule has 1 saturated heterocycles. The molecular formula is C24H27FN6O3. The molecular weight excluding hydrogens is 439 g/mol. The van der Waals surface area contributed by atoms with Gasteiger partial charge in [0.1, 0.15) is 11.4 Å². The van der Waals surface area contributed by atoms with Crippen molar-refractivity contribution < 1.29 is 19.0 Å². The van der Waals surface area contributed by atoms with Gasteiger partial charge in [-0.25, -0.2) is 24.1 Å². The Labute approximate surface area is 195 Å². The van der Waals surface area contributed by atoms with Crippen LogP contribution >= 0.6 is 0 Å². The Hall–Kier alpha value is -3.11. The number of benzene rings is 1. The lowest BCUT2D eigenvalue weighted by atomic mass is 9.96. The lowest BCUT2D eigenvalue weighted by Gasteiger charge is -2.22. The van der Waals surface area contributed by atoms with Crippen molar-refractivity contribution in [3.63, 3.8) is 0 Å². The van der Waals surface area contributed by atoms with Crippen LogP contribution in [0.15, 0.2) is 18.5 Å². The molecule has 1 aromatic carbocycles. The van der Waals surface area contributed by atoms with Gasteiger partial charge in [0.2, 0.25) is 5.95 Å². The Kier molecular flexibility index (Phi) is 5.03. The Balaban J connectivity index is 1.39. The molecule has 2 aliphatic carbocycles. The Morgan fingerprint density at radius 3 is 2.76 bits per heavy atom. The van der Waals surface area contributed by atoms with Crippen molar-refractivity contribution in [3.8, 4) is 11.1 Å². The fraction of sp³-hybridized carbons (Fsp3) is 0.500. The highest BCUT2D eigenvalue weighted by Gasteiger charge is 2.55. The number of nitrogens with zero attached hydrogens (tertiary/aromatic N) is 3. The number of carbonyl (C=O) groups excluding carboxylic acids is 1. The summed E-state index contributed by atoms with van der Waals surface area (Å²) < 4.78 is 21.7. The smallest absolute Gasteiger partial charge is 0.321 e. The third-order valence-corrected chi connectivity index (χ3v) is 7.22. The van der Waals surface area contributed by atoms with Gasteiger partial charge in [-0.3, -0.25) is 5.32 Å². The quantitative estimate of drug-likeness (QED) is 0.454. The molecule has 4 N–H and O–H groups in total. The van der Waals surface area contributed by atoms with E-state index in [0.717, 1.165) is 6.42 Å². The number of imidazole rings is 1. The number of amides is 2. The first-order valence-electron chi connectivity index (χ1n) is 11.9. The van der Waals surface area contributed by atoms with E-state index in [1.165, 1.54) is 6.42 Å². The van der Waals surface area contributed by atoms with Gasteiger partial charge >= 0.3 is 6.03 Å². The van der Waals surface area contributed by atoms with Crippen LogP contribution in [0.3, 0.4) is 0 Å². The lowest BCUT2D eigenvalue weighted by Crippen LogP contribution is -2.28. The molecule has 10 heteroatoms. The first kappa shape index (κ1) is 21.4. The molecule has 3 aromatic rings. The number of fused-ring (bicyclic) bond motifs is 2. The van der Waals surface area contributed by atoms with Crippen LogP contribution in [0.25, 0.3) is 22.2 Å². The fourth-order valence-corrected chi connectivity index (χ4v) is 5.49. The van der Waals surface area contributed by atoms with Crippen molar-refractivity contribution in [1.82, 2.24) is 25.3 Å².